The molecule has 0 spiro atoms. The van der Waals surface area contributed by atoms with E-state index in [4.69, 9.17) is 23.2 Å². The Labute approximate surface area is 191 Å². The van der Waals surface area contributed by atoms with E-state index in [1.807, 2.05) is 45.0 Å². The summed E-state index contributed by atoms with van der Waals surface area (Å²) in [6, 6.07) is 12.7. The summed E-state index contributed by atoms with van der Waals surface area (Å²) < 4.78 is 1.71. The highest BCUT2D eigenvalue weighted by atomic mass is 35.5. The van der Waals surface area contributed by atoms with Crippen molar-refractivity contribution in [3.8, 4) is 5.69 Å². The van der Waals surface area contributed by atoms with Gasteiger partial charge < -0.3 is 10.2 Å². The number of nitrogens with zero attached hydrogens (tertiary/aromatic N) is 3. The number of benzene rings is 2. The van der Waals surface area contributed by atoms with Crippen LogP contribution in [0.5, 0.6) is 0 Å². The van der Waals surface area contributed by atoms with Gasteiger partial charge in [-0.3, -0.25) is 9.59 Å². The number of halogens is 2. The molecule has 0 atom stereocenters. The molecule has 1 aromatic heterocycles. The van der Waals surface area contributed by atoms with Gasteiger partial charge in [0, 0.05) is 29.0 Å². The van der Waals surface area contributed by atoms with Crippen LogP contribution in [0.1, 0.15) is 22.5 Å². The second-order valence-corrected chi connectivity index (χ2v) is 8.34. The summed E-state index contributed by atoms with van der Waals surface area (Å²) in [5, 5.41) is 8.36. The van der Waals surface area contributed by atoms with E-state index in [0.717, 1.165) is 22.5 Å². The summed E-state index contributed by atoms with van der Waals surface area (Å²) in [4.78, 5) is 26.5. The standard InChI is InChI=1S/C23H24Cl2N4O2/c1-14-5-8-18(9-6-14)26-22(30)13-28(4)23(31)12-19-15(2)27-29(16(19)3)21-10-7-17(24)11-20(21)25/h5-11H,12-13H2,1-4H3,(H,26,30). The van der Waals surface area contributed by atoms with E-state index < -0.39 is 0 Å². The number of likely N-dealkylation sites (N-methyl/N-ethyl adjacent to an activating group) is 1. The topological polar surface area (TPSA) is 67.2 Å². The number of nitrogens with one attached hydrogen (secondary N) is 1. The minimum Gasteiger partial charge on any atom is -0.336 e. The van der Waals surface area contributed by atoms with Crippen molar-refractivity contribution in [2.45, 2.75) is 27.2 Å². The largest absolute Gasteiger partial charge is 0.336 e. The van der Waals surface area contributed by atoms with Crippen molar-refractivity contribution < 1.29 is 9.59 Å². The molecule has 8 heteroatoms. The van der Waals surface area contributed by atoms with Crippen LogP contribution in [0.25, 0.3) is 5.69 Å². The molecular weight excluding hydrogens is 435 g/mol. The molecule has 0 aliphatic carbocycles. The van der Waals surface area contributed by atoms with Crippen LogP contribution in [0, 0.1) is 20.8 Å². The summed E-state index contributed by atoms with van der Waals surface area (Å²) in [5.41, 5.74) is 4.85. The first-order valence-electron chi connectivity index (χ1n) is 9.76. The molecule has 1 N–H and O–H groups in total. The Bertz CT molecular complexity index is 1120. The number of rotatable bonds is 6. The van der Waals surface area contributed by atoms with Gasteiger partial charge in [-0.05, 0) is 51.1 Å². The summed E-state index contributed by atoms with van der Waals surface area (Å²) in [6.07, 6.45) is 0.136. The fourth-order valence-electron chi connectivity index (χ4n) is 3.25. The average molecular weight is 459 g/mol. The van der Waals surface area contributed by atoms with E-state index in [0.29, 0.717) is 21.4 Å². The van der Waals surface area contributed by atoms with Crippen LogP contribution >= 0.6 is 23.2 Å². The van der Waals surface area contributed by atoms with Gasteiger partial charge in [-0.25, -0.2) is 4.68 Å². The smallest absolute Gasteiger partial charge is 0.243 e. The Balaban J connectivity index is 1.69. The van der Waals surface area contributed by atoms with E-state index in [-0.39, 0.29) is 24.8 Å². The fourth-order valence-corrected chi connectivity index (χ4v) is 3.73. The Morgan fingerprint density at radius 3 is 2.39 bits per heavy atom. The molecule has 3 rings (SSSR count). The minimum absolute atomic E-state index is 0.0397. The molecular formula is C23H24Cl2N4O2. The predicted octanol–water partition coefficient (Wildman–Crippen LogP) is 4.74. The van der Waals surface area contributed by atoms with Gasteiger partial charge in [-0.15, -0.1) is 0 Å². The number of hydrogen-bond acceptors (Lipinski definition) is 3. The lowest BCUT2D eigenvalue weighted by atomic mass is 10.1. The van der Waals surface area contributed by atoms with Crippen LogP contribution in [-0.2, 0) is 16.0 Å². The van der Waals surface area contributed by atoms with Gasteiger partial charge in [0.1, 0.15) is 0 Å². The molecule has 0 unspecified atom stereocenters. The van der Waals surface area contributed by atoms with Crippen molar-refractivity contribution in [3.63, 3.8) is 0 Å². The normalized spacial score (nSPS) is 10.8. The molecule has 31 heavy (non-hydrogen) atoms. The number of amides is 2. The second-order valence-electron chi connectivity index (χ2n) is 7.50. The maximum absolute atomic E-state index is 12.8. The van der Waals surface area contributed by atoms with Gasteiger partial charge in [0.2, 0.25) is 11.8 Å². The molecule has 2 aromatic carbocycles. The van der Waals surface area contributed by atoms with Crippen molar-refractivity contribution in [2.75, 3.05) is 18.9 Å². The first kappa shape index (κ1) is 22.8. The Morgan fingerprint density at radius 1 is 1.06 bits per heavy atom. The van der Waals surface area contributed by atoms with Gasteiger partial charge in [0.05, 0.1) is 29.4 Å². The van der Waals surface area contributed by atoms with Crippen LogP contribution < -0.4 is 5.32 Å². The molecule has 0 radical (unpaired) electrons. The third kappa shape index (κ3) is 5.46. The zero-order chi connectivity index (χ0) is 22.7. The van der Waals surface area contributed by atoms with Gasteiger partial charge in [0.15, 0.2) is 0 Å². The number of aryl methyl sites for hydroxylation is 2. The molecule has 0 saturated heterocycles. The van der Waals surface area contributed by atoms with Crippen molar-refractivity contribution in [2.24, 2.45) is 0 Å². The van der Waals surface area contributed by atoms with E-state index in [2.05, 4.69) is 10.4 Å². The Hall–Kier alpha value is -2.83. The molecule has 1 heterocycles. The molecule has 6 nitrogen and oxygen atoms in total. The number of carbonyl (C=O) groups is 2. The van der Waals surface area contributed by atoms with Crippen LogP contribution in [-0.4, -0.2) is 40.1 Å². The third-order valence-electron chi connectivity index (χ3n) is 5.05. The minimum atomic E-state index is -0.253. The molecule has 0 aliphatic rings. The lowest BCUT2D eigenvalue weighted by Crippen LogP contribution is -2.36. The SMILES string of the molecule is Cc1ccc(NC(=O)CN(C)C(=O)Cc2c(C)nn(-c3ccc(Cl)cc3Cl)c2C)cc1. The first-order chi connectivity index (χ1) is 14.7. The van der Waals surface area contributed by atoms with E-state index >= 15 is 0 Å². The zero-order valence-corrected chi connectivity index (χ0v) is 19.4. The number of aromatic nitrogens is 2. The molecule has 162 valence electrons. The van der Waals surface area contributed by atoms with Crippen LogP contribution in [0.15, 0.2) is 42.5 Å². The number of anilines is 1. The van der Waals surface area contributed by atoms with Gasteiger partial charge in [-0.1, -0.05) is 40.9 Å². The first-order valence-corrected chi connectivity index (χ1v) is 10.5. The Kier molecular flexibility index (Phi) is 7.03. The fraction of sp³-hybridized carbons (Fsp3) is 0.261. The molecule has 0 bridgehead atoms. The average Bonchev–Trinajstić information content (AvgIpc) is 2.97. The maximum Gasteiger partial charge on any atom is 0.243 e. The highest BCUT2D eigenvalue weighted by Crippen LogP contribution is 2.27. The van der Waals surface area contributed by atoms with Crippen molar-refractivity contribution in [1.29, 1.82) is 0 Å². The van der Waals surface area contributed by atoms with E-state index in [9.17, 15) is 9.59 Å². The summed E-state index contributed by atoms with van der Waals surface area (Å²) in [7, 11) is 1.61. The summed E-state index contributed by atoms with van der Waals surface area (Å²) >= 11 is 12.3. The second kappa shape index (κ2) is 9.54. The highest BCUT2D eigenvalue weighted by Gasteiger charge is 2.20. The molecule has 2 amide bonds. The summed E-state index contributed by atoms with van der Waals surface area (Å²) in [6.45, 7) is 5.67. The molecule has 0 saturated carbocycles. The molecule has 3 aromatic rings. The van der Waals surface area contributed by atoms with Crippen LogP contribution in [0.4, 0.5) is 5.69 Å². The van der Waals surface area contributed by atoms with Gasteiger partial charge in [-0.2, -0.15) is 5.10 Å². The van der Waals surface area contributed by atoms with Crippen LogP contribution in [0.2, 0.25) is 10.0 Å². The molecule has 0 fully saturated rings. The summed E-state index contributed by atoms with van der Waals surface area (Å²) in [5.74, 6) is -0.427. The van der Waals surface area contributed by atoms with Gasteiger partial charge >= 0.3 is 0 Å². The van der Waals surface area contributed by atoms with Crippen molar-refractivity contribution in [1.82, 2.24) is 14.7 Å². The molecule has 0 aliphatic heterocycles. The Morgan fingerprint density at radius 2 is 1.74 bits per heavy atom. The quantitative estimate of drug-likeness (QED) is 0.579. The van der Waals surface area contributed by atoms with E-state index in [1.54, 1.807) is 29.9 Å². The number of hydrogen-bond donors (Lipinski definition) is 1. The van der Waals surface area contributed by atoms with Crippen LogP contribution in [0.3, 0.4) is 0 Å². The third-order valence-corrected chi connectivity index (χ3v) is 5.59. The lowest BCUT2D eigenvalue weighted by Gasteiger charge is -2.17. The predicted molar refractivity (Wildman–Crippen MR) is 124 cm³/mol. The maximum atomic E-state index is 12.8. The van der Waals surface area contributed by atoms with E-state index in [1.165, 1.54) is 4.90 Å². The number of carbonyl (C=O) groups excluding carboxylic acids is 2. The lowest BCUT2D eigenvalue weighted by molar-refractivity contribution is -0.132. The van der Waals surface area contributed by atoms with Crippen molar-refractivity contribution in [3.05, 3.63) is 75.0 Å². The zero-order valence-electron chi connectivity index (χ0n) is 17.9. The van der Waals surface area contributed by atoms with Gasteiger partial charge in [0.25, 0.3) is 0 Å². The van der Waals surface area contributed by atoms with Crippen molar-refractivity contribution >= 4 is 40.7 Å². The highest BCUT2D eigenvalue weighted by molar-refractivity contribution is 6.35. The monoisotopic (exact) mass is 458 g/mol.